The molecule has 74 valence electrons. The zero-order valence-electron chi connectivity index (χ0n) is 7.98. The monoisotopic (exact) mass is 184 g/mol. The van der Waals surface area contributed by atoms with E-state index in [1.54, 1.807) is 12.5 Å². The van der Waals surface area contributed by atoms with Gasteiger partial charge in [-0.25, -0.2) is 4.98 Å². The molecule has 13 heavy (non-hydrogen) atoms. The van der Waals surface area contributed by atoms with Crippen molar-refractivity contribution < 1.29 is 9.47 Å². The molecule has 4 heteroatoms. The Bertz CT molecular complexity index is 199. The summed E-state index contributed by atoms with van der Waals surface area (Å²) in [4.78, 5) is 3.93. The first-order chi connectivity index (χ1) is 6.43. The molecule has 1 aromatic heterocycles. The molecule has 0 amide bonds. The Morgan fingerprint density at radius 1 is 1.23 bits per heavy atom. The molecule has 0 radical (unpaired) electrons. The van der Waals surface area contributed by atoms with Gasteiger partial charge >= 0.3 is 0 Å². The number of rotatable bonds is 7. The zero-order valence-corrected chi connectivity index (χ0v) is 7.98. The van der Waals surface area contributed by atoms with Crippen molar-refractivity contribution in [1.29, 1.82) is 0 Å². The largest absolute Gasteiger partial charge is 0.379 e. The van der Waals surface area contributed by atoms with Crippen molar-refractivity contribution in [2.75, 3.05) is 26.4 Å². The fourth-order valence-corrected chi connectivity index (χ4v) is 0.953. The molecule has 0 saturated carbocycles. The second-order valence-electron chi connectivity index (χ2n) is 2.61. The van der Waals surface area contributed by atoms with E-state index in [4.69, 9.17) is 9.47 Å². The van der Waals surface area contributed by atoms with E-state index in [1.807, 2.05) is 17.7 Å². The summed E-state index contributed by atoms with van der Waals surface area (Å²) in [5.41, 5.74) is 0. The molecule has 1 aromatic rings. The van der Waals surface area contributed by atoms with Crippen LogP contribution in [-0.2, 0) is 16.0 Å². The molecule has 0 spiro atoms. The molecule has 1 rings (SSSR count). The van der Waals surface area contributed by atoms with Gasteiger partial charge in [-0.3, -0.25) is 0 Å². The lowest BCUT2D eigenvalue weighted by molar-refractivity contribution is 0.0497. The topological polar surface area (TPSA) is 36.3 Å². The van der Waals surface area contributed by atoms with Crippen molar-refractivity contribution in [1.82, 2.24) is 9.55 Å². The third kappa shape index (κ3) is 4.65. The van der Waals surface area contributed by atoms with Crippen LogP contribution in [0.15, 0.2) is 18.7 Å². The van der Waals surface area contributed by atoms with Crippen LogP contribution in [0.1, 0.15) is 6.92 Å². The maximum atomic E-state index is 5.34. The number of imidazole rings is 1. The SMILES string of the molecule is CCOCCOCCn1ccnc1. The molecule has 4 nitrogen and oxygen atoms in total. The fourth-order valence-electron chi connectivity index (χ4n) is 0.953. The van der Waals surface area contributed by atoms with E-state index in [0.29, 0.717) is 19.8 Å². The molecule has 0 aromatic carbocycles. The van der Waals surface area contributed by atoms with Crippen LogP contribution in [0, 0.1) is 0 Å². The van der Waals surface area contributed by atoms with Gasteiger partial charge in [-0.05, 0) is 6.92 Å². The van der Waals surface area contributed by atoms with Crippen LogP contribution in [0.5, 0.6) is 0 Å². The number of ether oxygens (including phenoxy) is 2. The maximum absolute atomic E-state index is 5.34. The Morgan fingerprint density at radius 2 is 2.08 bits per heavy atom. The third-order valence-electron chi connectivity index (χ3n) is 1.63. The minimum Gasteiger partial charge on any atom is -0.379 e. The van der Waals surface area contributed by atoms with E-state index >= 15 is 0 Å². The lowest BCUT2D eigenvalue weighted by atomic mass is 10.6. The van der Waals surface area contributed by atoms with Gasteiger partial charge in [0.2, 0.25) is 0 Å². The Balaban J connectivity index is 1.90. The van der Waals surface area contributed by atoms with Crippen LogP contribution in [0.3, 0.4) is 0 Å². The molecule has 0 saturated heterocycles. The number of hydrogen-bond donors (Lipinski definition) is 0. The smallest absolute Gasteiger partial charge is 0.0946 e. The second-order valence-corrected chi connectivity index (χ2v) is 2.61. The Morgan fingerprint density at radius 3 is 2.77 bits per heavy atom. The van der Waals surface area contributed by atoms with Gasteiger partial charge in [-0.1, -0.05) is 0 Å². The summed E-state index contributed by atoms with van der Waals surface area (Å²) in [6, 6.07) is 0. The van der Waals surface area contributed by atoms with Crippen LogP contribution >= 0.6 is 0 Å². The van der Waals surface area contributed by atoms with E-state index in [0.717, 1.165) is 13.2 Å². The van der Waals surface area contributed by atoms with Crippen molar-refractivity contribution in [3.8, 4) is 0 Å². The molecule has 0 aliphatic heterocycles. The van der Waals surface area contributed by atoms with Crippen molar-refractivity contribution >= 4 is 0 Å². The van der Waals surface area contributed by atoms with Crippen LogP contribution < -0.4 is 0 Å². The minimum absolute atomic E-state index is 0.669. The van der Waals surface area contributed by atoms with E-state index in [1.165, 1.54) is 0 Å². The van der Waals surface area contributed by atoms with Crippen molar-refractivity contribution in [2.24, 2.45) is 0 Å². The molecular weight excluding hydrogens is 168 g/mol. The summed E-state index contributed by atoms with van der Waals surface area (Å²) in [5.74, 6) is 0. The van der Waals surface area contributed by atoms with Crippen molar-refractivity contribution in [3.05, 3.63) is 18.7 Å². The quantitative estimate of drug-likeness (QED) is 0.592. The van der Waals surface area contributed by atoms with Crippen molar-refractivity contribution in [3.63, 3.8) is 0 Å². The molecule has 0 aliphatic carbocycles. The summed E-state index contributed by atoms with van der Waals surface area (Å²) >= 11 is 0. The number of nitrogens with zero attached hydrogens (tertiary/aromatic N) is 2. The zero-order chi connectivity index (χ0) is 9.36. The van der Waals surface area contributed by atoms with Crippen molar-refractivity contribution in [2.45, 2.75) is 13.5 Å². The summed E-state index contributed by atoms with van der Waals surface area (Å²) in [7, 11) is 0. The highest BCUT2D eigenvalue weighted by molar-refractivity contribution is 4.73. The first-order valence-corrected chi connectivity index (χ1v) is 4.54. The van der Waals surface area contributed by atoms with Crippen LogP contribution in [0.4, 0.5) is 0 Å². The van der Waals surface area contributed by atoms with E-state index < -0.39 is 0 Å². The van der Waals surface area contributed by atoms with Crippen LogP contribution in [-0.4, -0.2) is 36.0 Å². The standard InChI is InChI=1S/C9H16N2O2/c1-2-12-7-8-13-6-5-11-4-3-10-9-11/h3-4,9H,2,5-8H2,1H3. The van der Waals surface area contributed by atoms with Gasteiger partial charge in [-0.15, -0.1) is 0 Å². The van der Waals surface area contributed by atoms with E-state index in [-0.39, 0.29) is 0 Å². The fraction of sp³-hybridized carbons (Fsp3) is 0.667. The molecule has 0 aliphatic rings. The molecule has 0 bridgehead atoms. The lowest BCUT2D eigenvalue weighted by Gasteiger charge is -2.04. The third-order valence-corrected chi connectivity index (χ3v) is 1.63. The predicted molar refractivity (Wildman–Crippen MR) is 49.5 cm³/mol. The van der Waals surface area contributed by atoms with Gasteiger partial charge < -0.3 is 14.0 Å². The van der Waals surface area contributed by atoms with Gasteiger partial charge in [0.25, 0.3) is 0 Å². The highest BCUT2D eigenvalue weighted by atomic mass is 16.5. The van der Waals surface area contributed by atoms with Gasteiger partial charge in [0.05, 0.1) is 26.1 Å². The highest BCUT2D eigenvalue weighted by Crippen LogP contribution is 1.86. The molecule has 0 fully saturated rings. The molecular formula is C9H16N2O2. The van der Waals surface area contributed by atoms with E-state index in [9.17, 15) is 0 Å². The first-order valence-electron chi connectivity index (χ1n) is 4.54. The summed E-state index contributed by atoms with van der Waals surface area (Å²) in [6.45, 7) is 5.65. The highest BCUT2D eigenvalue weighted by Gasteiger charge is 1.90. The Hall–Kier alpha value is -0.870. The minimum atomic E-state index is 0.669. The van der Waals surface area contributed by atoms with Gasteiger partial charge in [-0.2, -0.15) is 0 Å². The Labute approximate surface area is 78.5 Å². The normalized spacial score (nSPS) is 10.5. The Kier molecular flexibility index (Phi) is 5.20. The first kappa shape index (κ1) is 10.2. The lowest BCUT2D eigenvalue weighted by Crippen LogP contribution is -2.08. The van der Waals surface area contributed by atoms with Gasteiger partial charge in [0.15, 0.2) is 0 Å². The maximum Gasteiger partial charge on any atom is 0.0946 e. The van der Waals surface area contributed by atoms with Crippen LogP contribution in [0.25, 0.3) is 0 Å². The molecule has 1 heterocycles. The molecule has 0 unspecified atom stereocenters. The molecule has 0 N–H and O–H groups in total. The van der Waals surface area contributed by atoms with Crippen LogP contribution in [0.2, 0.25) is 0 Å². The summed E-state index contributed by atoms with van der Waals surface area (Å²) < 4.78 is 12.4. The second kappa shape index (κ2) is 6.62. The summed E-state index contributed by atoms with van der Waals surface area (Å²) in [6.07, 6.45) is 5.47. The summed E-state index contributed by atoms with van der Waals surface area (Å²) in [5, 5.41) is 0. The number of hydrogen-bond acceptors (Lipinski definition) is 3. The van der Waals surface area contributed by atoms with Gasteiger partial charge in [0.1, 0.15) is 0 Å². The molecule has 0 atom stereocenters. The predicted octanol–water partition coefficient (Wildman–Crippen LogP) is 0.936. The average Bonchev–Trinajstić information content (AvgIpc) is 2.63. The van der Waals surface area contributed by atoms with E-state index in [2.05, 4.69) is 4.98 Å². The number of aromatic nitrogens is 2. The van der Waals surface area contributed by atoms with Gasteiger partial charge in [0, 0.05) is 25.5 Å². The average molecular weight is 184 g/mol.